The maximum absolute atomic E-state index is 5.32. The molecule has 6 nitrogen and oxygen atoms in total. The second-order valence-electron chi connectivity index (χ2n) is 8.14. The normalized spacial score (nSPS) is 14.9. The number of imidazole rings is 1. The Morgan fingerprint density at radius 3 is 2.61 bits per heavy atom. The average Bonchev–Trinajstić information content (AvgIpc) is 3.43. The number of ether oxygens (including phenoxy) is 1. The molecule has 31 heavy (non-hydrogen) atoms. The Morgan fingerprint density at radius 2 is 1.87 bits per heavy atom. The zero-order chi connectivity index (χ0) is 21.2. The Kier molecular flexibility index (Phi) is 5.68. The van der Waals surface area contributed by atoms with E-state index in [2.05, 4.69) is 62.7 Å². The SMILES string of the molecule is COc1ccc(-c2nnc(SCc3cn4cccc(C)c4n3)n2C2CCCCC2)cc1. The lowest BCUT2D eigenvalue weighted by Gasteiger charge is -2.25. The molecule has 0 unspecified atom stereocenters. The fourth-order valence-electron chi connectivity index (χ4n) is 4.39. The third-order valence-electron chi connectivity index (χ3n) is 6.03. The minimum Gasteiger partial charge on any atom is -0.497 e. The number of aromatic nitrogens is 5. The first kappa shape index (κ1) is 20.1. The van der Waals surface area contributed by atoms with E-state index >= 15 is 0 Å². The van der Waals surface area contributed by atoms with E-state index in [1.165, 1.54) is 37.7 Å². The Labute approximate surface area is 186 Å². The molecule has 0 amide bonds. The zero-order valence-electron chi connectivity index (χ0n) is 18.0. The summed E-state index contributed by atoms with van der Waals surface area (Å²) in [5, 5.41) is 10.2. The van der Waals surface area contributed by atoms with Gasteiger partial charge in [0.1, 0.15) is 11.4 Å². The van der Waals surface area contributed by atoms with Crippen molar-refractivity contribution in [2.24, 2.45) is 0 Å². The zero-order valence-corrected chi connectivity index (χ0v) is 18.8. The molecule has 0 radical (unpaired) electrons. The Balaban J connectivity index is 1.45. The van der Waals surface area contributed by atoms with Gasteiger partial charge in [-0.05, 0) is 55.7 Å². The smallest absolute Gasteiger partial charge is 0.192 e. The van der Waals surface area contributed by atoms with E-state index in [1.807, 2.05) is 12.1 Å². The van der Waals surface area contributed by atoms with Crippen LogP contribution in [0.3, 0.4) is 0 Å². The first-order chi connectivity index (χ1) is 15.2. The molecule has 0 bridgehead atoms. The van der Waals surface area contributed by atoms with Gasteiger partial charge in [-0.15, -0.1) is 10.2 Å². The highest BCUT2D eigenvalue weighted by Crippen LogP contribution is 2.36. The Hall–Kier alpha value is -2.80. The summed E-state index contributed by atoms with van der Waals surface area (Å²) >= 11 is 1.73. The van der Waals surface area contributed by atoms with Crippen LogP contribution in [0.15, 0.2) is 53.9 Å². The molecule has 160 valence electrons. The van der Waals surface area contributed by atoms with Gasteiger partial charge < -0.3 is 9.14 Å². The minimum atomic E-state index is 0.451. The fraction of sp³-hybridized carbons (Fsp3) is 0.375. The second kappa shape index (κ2) is 8.75. The van der Waals surface area contributed by atoms with Gasteiger partial charge in [-0.1, -0.05) is 37.1 Å². The molecule has 1 aliphatic carbocycles. The molecule has 4 aromatic rings. The summed E-state index contributed by atoms with van der Waals surface area (Å²) < 4.78 is 9.79. The molecular weight excluding hydrogens is 406 g/mol. The highest BCUT2D eigenvalue weighted by atomic mass is 32.2. The average molecular weight is 434 g/mol. The van der Waals surface area contributed by atoms with Crippen molar-refractivity contribution in [3.8, 4) is 17.1 Å². The molecule has 0 saturated heterocycles. The number of hydrogen-bond donors (Lipinski definition) is 0. The van der Waals surface area contributed by atoms with Crippen molar-refractivity contribution >= 4 is 17.4 Å². The number of benzene rings is 1. The van der Waals surface area contributed by atoms with Crippen LogP contribution in [0.4, 0.5) is 0 Å². The molecule has 0 N–H and O–H groups in total. The van der Waals surface area contributed by atoms with Crippen LogP contribution in [-0.2, 0) is 5.75 Å². The lowest BCUT2D eigenvalue weighted by Crippen LogP contribution is -2.15. The summed E-state index contributed by atoms with van der Waals surface area (Å²) in [5.41, 5.74) is 4.34. The van der Waals surface area contributed by atoms with Crippen LogP contribution in [-0.4, -0.2) is 31.3 Å². The van der Waals surface area contributed by atoms with Gasteiger partial charge in [0, 0.05) is 29.8 Å². The van der Waals surface area contributed by atoms with Crippen LogP contribution in [0.1, 0.15) is 49.4 Å². The molecule has 1 saturated carbocycles. The Bertz CT molecular complexity index is 1170. The standard InChI is InChI=1S/C24H27N5OS/c1-17-7-6-14-28-15-19(25-22(17)28)16-31-24-27-26-23(18-10-12-21(30-2)13-11-18)29(24)20-8-4-3-5-9-20/h6-7,10-15,20H,3-5,8-9,16H2,1-2H3. The number of thioether (sulfide) groups is 1. The minimum absolute atomic E-state index is 0.451. The quantitative estimate of drug-likeness (QED) is 0.365. The van der Waals surface area contributed by atoms with Gasteiger partial charge in [-0.25, -0.2) is 4.98 Å². The summed E-state index contributed by atoms with van der Waals surface area (Å²) in [4.78, 5) is 4.82. The maximum atomic E-state index is 5.32. The summed E-state index contributed by atoms with van der Waals surface area (Å²) in [7, 11) is 1.69. The predicted molar refractivity (Wildman–Crippen MR) is 124 cm³/mol. The molecule has 5 rings (SSSR count). The third-order valence-corrected chi connectivity index (χ3v) is 7.01. The third kappa shape index (κ3) is 4.06. The van der Waals surface area contributed by atoms with Gasteiger partial charge in [-0.2, -0.15) is 0 Å². The summed E-state index contributed by atoms with van der Waals surface area (Å²) in [5.74, 6) is 2.57. The van der Waals surface area contributed by atoms with Crippen molar-refractivity contribution in [3.05, 3.63) is 60.0 Å². The van der Waals surface area contributed by atoms with E-state index in [9.17, 15) is 0 Å². The molecule has 3 aromatic heterocycles. The lowest BCUT2D eigenvalue weighted by atomic mass is 9.95. The van der Waals surface area contributed by atoms with Gasteiger partial charge >= 0.3 is 0 Å². The van der Waals surface area contributed by atoms with Crippen LogP contribution in [0.2, 0.25) is 0 Å². The first-order valence-electron chi connectivity index (χ1n) is 10.9. The van der Waals surface area contributed by atoms with E-state index in [4.69, 9.17) is 9.72 Å². The summed E-state index contributed by atoms with van der Waals surface area (Å²) in [6, 6.07) is 12.7. The van der Waals surface area contributed by atoms with E-state index in [0.29, 0.717) is 6.04 Å². The van der Waals surface area contributed by atoms with Crippen molar-refractivity contribution in [1.82, 2.24) is 24.1 Å². The second-order valence-corrected chi connectivity index (χ2v) is 9.08. The van der Waals surface area contributed by atoms with Gasteiger partial charge in [-0.3, -0.25) is 4.57 Å². The number of pyridine rings is 1. The molecule has 0 atom stereocenters. The van der Waals surface area contributed by atoms with Crippen molar-refractivity contribution in [3.63, 3.8) is 0 Å². The lowest BCUT2D eigenvalue weighted by molar-refractivity contribution is 0.339. The van der Waals surface area contributed by atoms with E-state index in [0.717, 1.165) is 39.4 Å². The monoisotopic (exact) mass is 433 g/mol. The van der Waals surface area contributed by atoms with Crippen molar-refractivity contribution in [2.75, 3.05) is 7.11 Å². The van der Waals surface area contributed by atoms with E-state index < -0.39 is 0 Å². The first-order valence-corrected chi connectivity index (χ1v) is 11.9. The van der Waals surface area contributed by atoms with Gasteiger partial charge in [0.05, 0.1) is 12.8 Å². The maximum Gasteiger partial charge on any atom is 0.192 e. The molecular formula is C24H27N5OS. The number of rotatable bonds is 6. The van der Waals surface area contributed by atoms with Crippen LogP contribution in [0.5, 0.6) is 5.75 Å². The number of aryl methyl sites for hydroxylation is 1. The number of hydrogen-bond acceptors (Lipinski definition) is 5. The van der Waals surface area contributed by atoms with Gasteiger partial charge in [0.2, 0.25) is 0 Å². The number of fused-ring (bicyclic) bond motifs is 1. The molecule has 0 aliphatic heterocycles. The van der Waals surface area contributed by atoms with E-state index in [-0.39, 0.29) is 0 Å². The molecule has 1 aliphatic rings. The Morgan fingerprint density at radius 1 is 1.06 bits per heavy atom. The number of nitrogens with zero attached hydrogens (tertiary/aromatic N) is 5. The molecule has 7 heteroatoms. The largest absolute Gasteiger partial charge is 0.497 e. The molecule has 3 heterocycles. The van der Waals surface area contributed by atoms with Crippen molar-refractivity contribution in [1.29, 1.82) is 0 Å². The van der Waals surface area contributed by atoms with E-state index in [1.54, 1.807) is 18.9 Å². The highest BCUT2D eigenvalue weighted by Gasteiger charge is 2.24. The summed E-state index contributed by atoms with van der Waals surface area (Å²) in [6.07, 6.45) is 10.4. The van der Waals surface area contributed by atoms with Crippen LogP contribution in [0, 0.1) is 6.92 Å². The van der Waals surface area contributed by atoms with Crippen LogP contribution in [0.25, 0.3) is 17.0 Å². The molecule has 1 fully saturated rings. The van der Waals surface area contributed by atoms with Crippen molar-refractivity contribution < 1.29 is 4.74 Å². The molecule has 1 aromatic carbocycles. The number of methoxy groups -OCH3 is 1. The fourth-order valence-corrected chi connectivity index (χ4v) is 5.28. The van der Waals surface area contributed by atoms with Crippen LogP contribution < -0.4 is 4.74 Å². The van der Waals surface area contributed by atoms with Gasteiger partial charge in [0.15, 0.2) is 11.0 Å². The predicted octanol–water partition coefficient (Wildman–Crippen LogP) is 5.71. The van der Waals surface area contributed by atoms with Gasteiger partial charge in [0.25, 0.3) is 0 Å². The van der Waals surface area contributed by atoms with Crippen LogP contribution >= 0.6 is 11.8 Å². The van der Waals surface area contributed by atoms with Crippen molar-refractivity contribution in [2.45, 2.75) is 56.0 Å². The summed E-state index contributed by atoms with van der Waals surface area (Å²) in [6.45, 7) is 2.10. The molecule has 0 spiro atoms. The highest BCUT2D eigenvalue weighted by molar-refractivity contribution is 7.98. The topological polar surface area (TPSA) is 57.2 Å².